The van der Waals surface area contributed by atoms with E-state index in [1.54, 1.807) is 6.07 Å². The van der Waals surface area contributed by atoms with E-state index in [-0.39, 0.29) is 24.0 Å². The first-order valence-corrected chi connectivity index (χ1v) is 4.20. The number of halogens is 1. The topological polar surface area (TPSA) is 24.1 Å². The van der Waals surface area contributed by atoms with Gasteiger partial charge in [0, 0.05) is 6.07 Å². The summed E-state index contributed by atoms with van der Waals surface area (Å²) in [5.41, 5.74) is 0. The largest absolute Gasteiger partial charge is 1.00 e. The van der Waals surface area contributed by atoms with E-state index in [0.29, 0.717) is 5.75 Å². The van der Waals surface area contributed by atoms with Gasteiger partial charge >= 0.3 is 0 Å². The average Bonchev–Trinajstić information content (AvgIpc) is 1.88. The van der Waals surface area contributed by atoms with Crippen molar-refractivity contribution in [3.05, 3.63) is 18.3 Å². The molecule has 4 heteroatoms. The maximum absolute atomic E-state index is 9.25. The second kappa shape index (κ2) is 4.82. The van der Waals surface area contributed by atoms with Crippen LogP contribution < -0.4 is 28.5 Å². The van der Waals surface area contributed by atoms with Gasteiger partial charge in [0.1, 0.15) is 7.05 Å². The molecule has 0 aliphatic carbocycles. The molecule has 1 heterocycles. The van der Waals surface area contributed by atoms with Crippen molar-refractivity contribution in [3.63, 3.8) is 0 Å². The summed E-state index contributed by atoms with van der Waals surface area (Å²) in [5, 5.41) is 10.1. The van der Waals surface area contributed by atoms with Crippen molar-refractivity contribution >= 4 is 11.8 Å². The summed E-state index contributed by atoms with van der Waals surface area (Å²) in [5.74, 6) is 0.345. The standard InChI is InChI=1S/C7H9NOS.HI/c1-8-5-3-4-6(9)7(8)10-2;/h3-5H,1-2H3;1H. The highest BCUT2D eigenvalue weighted by Crippen LogP contribution is 2.20. The zero-order valence-corrected chi connectivity index (χ0v) is 9.39. The number of hydrogen-bond donors (Lipinski definition) is 1. The molecule has 62 valence electrons. The molecule has 1 N–H and O–H groups in total. The highest BCUT2D eigenvalue weighted by molar-refractivity contribution is 7.98. The zero-order chi connectivity index (χ0) is 7.56. The highest BCUT2D eigenvalue weighted by atomic mass is 127. The smallest absolute Gasteiger partial charge is 0.281 e. The van der Waals surface area contributed by atoms with E-state index in [2.05, 4.69) is 0 Å². The van der Waals surface area contributed by atoms with Crippen molar-refractivity contribution < 1.29 is 33.7 Å². The van der Waals surface area contributed by atoms with E-state index in [0.717, 1.165) is 5.03 Å². The minimum absolute atomic E-state index is 0. The van der Waals surface area contributed by atoms with Gasteiger partial charge in [-0.25, -0.2) is 0 Å². The summed E-state index contributed by atoms with van der Waals surface area (Å²) in [7, 11) is 1.91. The van der Waals surface area contributed by atoms with E-state index in [1.807, 2.05) is 30.1 Å². The molecule has 0 aromatic carbocycles. The Labute approximate surface area is 87.7 Å². The van der Waals surface area contributed by atoms with Crippen LogP contribution in [0.25, 0.3) is 0 Å². The summed E-state index contributed by atoms with van der Waals surface area (Å²) in [6.45, 7) is 0. The second-order valence-corrected chi connectivity index (χ2v) is 2.81. The third-order valence-corrected chi connectivity index (χ3v) is 2.18. The minimum atomic E-state index is 0. The van der Waals surface area contributed by atoms with Gasteiger partial charge in [-0.15, -0.1) is 0 Å². The van der Waals surface area contributed by atoms with E-state index in [4.69, 9.17) is 0 Å². The van der Waals surface area contributed by atoms with Crippen molar-refractivity contribution in [2.24, 2.45) is 7.05 Å². The second-order valence-electron chi connectivity index (χ2n) is 2.01. The number of aromatic nitrogens is 1. The molecule has 1 rings (SSSR count). The lowest BCUT2D eigenvalue weighted by Crippen LogP contribution is -3.00. The quantitative estimate of drug-likeness (QED) is 0.364. The number of rotatable bonds is 1. The first kappa shape index (κ1) is 11.0. The molecule has 0 aliphatic rings. The number of aryl methyl sites for hydroxylation is 1. The van der Waals surface area contributed by atoms with Gasteiger partial charge in [0.25, 0.3) is 5.03 Å². The van der Waals surface area contributed by atoms with Gasteiger partial charge in [-0.3, -0.25) is 0 Å². The van der Waals surface area contributed by atoms with Crippen molar-refractivity contribution in [2.45, 2.75) is 5.03 Å². The van der Waals surface area contributed by atoms with Crippen LogP contribution in [0.4, 0.5) is 0 Å². The number of thioether (sulfide) groups is 1. The maximum atomic E-state index is 9.25. The summed E-state index contributed by atoms with van der Waals surface area (Å²) in [4.78, 5) is 0. The number of pyridine rings is 1. The van der Waals surface area contributed by atoms with Crippen LogP contribution in [0.1, 0.15) is 0 Å². The molecular weight excluding hydrogens is 273 g/mol. The molecule has 0 atom stereocenters. The lowest BCUT2D eigenvalue weighted by molar-refractivity contribution is -0.709. The van der Waals surface area contributed by atoms with Crippen LogP contribution in [0, 0.1) is 0 Å². The SMILES string of the molecule is CSc1c(O)ccc[n+]1C.[I-]. The molecule has 0 saturated heterocycles. The minimum Gasteiger partial charge on any atom is -1.00 e. The fourth-order valence-corrected chi connectivity index (χ4v) is 1.46. The number of aromatic hydroxyl groups is 1. The summed E-state index contributed by atoms with van der Waals surface area (Å²) in [6.07, 6.45) is 3.85. The van der Waals surface area contributed by atoms with Crippen molar-refractivity contribution in [3.8, 4) is 5.75 Å². The molecule has 0 bridgehead atoms. The van der Waals surface area contributed by atoms with E-state index in [9.17, 15) is 5.11 Å². The van der Waals surface area contributed by atoms with Crippen molar-refractivity contribution in [2.75, 3.05) is 6.26 Å². The molecule has 2 nitrogen and oxygen atoms in total. The molecular formula is C7H10INOS. The lowest BCUT2D eigenvalue weighted by atomic mass is 10.4. The van der Waals surface area contributed by atoms with Gasteiger partial charge in [0.15, 0.2) is 11.9 Å². The third-order valence-electron chi connectivity index (χ3n) is 1.30. The lowest BCUT2D eigenvalue weighted by Gasteiger charge is -1.96. The van der Waals surface area contributed by atoms with E-state index < -0.39 is 0 Å². The first-order chi connectivity index (χ1) is 4.75. The normalized spacial score (nSPS) is 8.91. The molecule has 0 saturated carbocycles. The Morgan fingerprint density at radius 3 is 2.55 bits per heavy atom. The Balaban J connectivity index is 0.000001000. The molecule has 0 spiro atoms. The molecule has 11 heavy (non-hydrogen) atoms. The van der Waals surface area contributed by atoms with Crippen LogP contribution in [0.5, 0.6) is 5.75 Å². The molecule has 0 aliphatic heterocycles. The number of hydrogen-bond acceptors (Lipinski definition) is 2. The van der Waals surface area contributed by atoms with Gasteiger partial charge < -0.3 is 29.1 Å². The fraction of sp³-hybridized carbons (Fsp3) is 0.286. The van der Waals surface area contributed by atoms with Gasteiger partial charge in [-0.2, -0.15) is 4.57 Å². The van der Waals surface area contributed by atoms with Crippen LogP contribution in [0.3, 0.4) is 0 Å². The monoisotopic (exact) mass is 283 g/mol. The van der Waals surface area contributed by atoms with E-state index >= 15 is 0 Å². The maximum Gasteiger partial charge on any atom is 0.281 e. The van der Waals surface area contributed by atoms with Gasteiger partial charge in [0.05, 0.1) is 0 Å². The number of nitrogens with zero attached hydrogens (tertiary/aromatic N) is 1. The predicted octanol–water partition coefficient (Wildman–Crippen LogP) is -2.06. The molecule has 1 aromatic rings. The van der Waals surface area contributed by atoms with Gasteiger partial charge in [-0.05, 0) is 12.3 Å². The molecule has 0 unspecified atom stereocenters. The van der Waals surface area contributed by atoms with Gasteiger partial charge in [-0.1, -0.05) is 11.8 Å². The Kier molecular flexibility index (Phi) is 4.83. The van der Waals surface area contributed by atoms with Crippen LogP contribution in [0.15, 0.2) is 23.4 Å². The molecule has 1 aromatic heterocycles. The zero-order valence-electron chi connectivity index (χ0n) is 6.41. The predicted molar refractivity (Wildman–Crippen MR) is 41.1 cm³/mol. The van der Waals surface area contributed by atoms with Gasteiger partial charge in [0.2, 0.25) is 0 Å². The Morgan fingerprint density at radius 1 is 1.55 bits per heavy atom. The molecule has 0 amide bonds. The Bertz CT molecular complexity index is 222. The first-order valence-electron chi connectivity index (χ1n) is 2.97. The van der Waals surface area contributed by atoms with Crippen LogP contribution >= 0.6 is 11.8 Å². The summed E-state index contributed by atoms with van der Waals surface area (Å²) in [6, 6.07) is 3.50. The average molecular weight is 283 g/mol. The highest BCUT2D eigenvalue weighted by Gasteiger charge is 2.08. The van der Waals surface area contributed by atoms with Crippen LogP contribution in [-0.2, 0) is 7.05 Å². The van der Waals surface area contributed by atoms with Crippen LogP contribution in [0.2, 0.25) is 0 Å². The third kappa shape index (κ3) is 2.52. The van der Waals surface area contributed by atoms with Crippen molar-refractivity contribution in [1.29, 1.82) is 0 Å². The Hall–Kier alpha value is 0.0300. The molecule has 0 fully saturated rings. The molecule has 0 radical (unpaired) electrons. The van der Waals surface area contributed by atoms with Crippen molar-refractivity contribution in [1.82, 2.24) is 0 Å². The summed E-state index contributed by atoms with van der Waals surface area (Å²) < 4.78 is 1.89. The van der Waals surface area contributed by atoms with E-state index in [1.165, 1.54) is 11.8 Å². The summed E-state index contributed by atoms with van der Waals surface area (Å²) >= 11 is 1.53. The van der Waals surface area contributed by atoms with Crippen LogP contribution in [-0.4, -0.2) is 11.4 Å². The Morgan fingerprint density at radius 2 is 2.18 bits per heavy atom. The fourth-order valence-electron chi connectivity index (χ4n) is 0.832.